The molecule has 1 N–H and O–H groups in total. The third-order valence-electron chi connectivity index (χ3n) is 3.34. The lowest BCUT2D eigenvalue weighted by Gasteiger charge is -2.24. The largest absolute Gasteiger partial charge is 0.383 e. The van der Waals surface area contributed by atoms with E-state index in [9.17, 15) is 17.6 Å². The molecule has 1 atom stereocenters. The number of hydrogen-bond donors (Lipinski definition) is 1. The number of ether oxygens (including phenoxy) is 1. The van der Waals surface area contributed by atoms with Crippen molar-refractivity contribution in [3.63, 3.8) is 0 Å². The molecule has 1 amide bonds. The van der Waals surface area contributed by atoms with Crippen molar-refractivity contribution < 1.29 is 22.3 Å². The van der Waals surface area contributed by atoms with Crippen LogP contribution in [0.4, 0.5) is 4.39 Å². The molecule has 1 aliphatic rings. The second kappa shape index (κ2) is 7.10. The van der Waals surface area contributed by atoms with Gasteiger partial charge in [-0.15, -0.1) is 4.40 Å². The molecule has 0 fully saturated rings. The highest BCUT2D eigenvalue weighted by Crippen LogP contribution is 2.20. The summed E-state index contributed by atoms with van der Waals surface area (Å²) >= 11 is 0. The average molecular weight is 355 g/mol. The van der Waals surface area contributed by atoms with E-state index in [1.54, 1.807) is 6.92 Å². The minimum Gasteiger partial charge on any atom is -0.383 e. The molecule has 130 valence electrons. The Labute approximate surface area is 140 Å². The molecule has 0 radical (unpaired) electrons. The first-order valence-corrected chi connectivity index (χ1v) is 8.50. The number of carbonyl (C=O) groups is 1. The third-order valence-corrected chi connectivity index (χ3v) is 4.66. The molecule has 9 heteroatoms. The van der Waals surface area contributed by atoms with Crippen LogP contribution in [0.1, 0.15) is 12.5 Å². The molecule has 0 saturated carbocycles. The first-order valence-electron chi connectivity index (χ1n) is 7.11. The summed E-state index contributed by atoms with van der Waals surface area (Å²) in [7, 11) is -1.30. The molecule has 1 aromatic rings. The molecule has 0 unspecified atom stereocenters. The molecule has 1 aliphatic heterocycles. The van der Waals surface area contributed by atoms with Crippen LogP contribution in [0.25, 0.3) is 0 Å². The van der Waals surface area contributed by atoms with Gasteiger partial charge in [-0.2, -0.15) is 8.42 Å². The molecule has 7 nitrogen and oxygen atoms in total. The van der Waals surface area contributed by atoms with E-state index in [1.807, 2.05) is 0 Å². The monoisotopic (exact) mass is 355 g/mol. The van der Waals surface area contributed by atoms with Gasteiger partial charge in [0.1, 0.15) is 11.5 Å². The highest BCUT2D eigenvalue weighted by atomic mass is 32.2. The Balaban J connectivity index is 2.37. The molecular weight excluding hydrogens is 337 g/mol. The first kappa shape index (κ1) is 18.1. The van der Waals surface area contributed by atoms with Crippen LogP contribution in [0.2, 0.25) is 0 Å². The van der Waals surface area contributed by atoms with Gasteiger partial charge in [0.05, 0.1) is 12.3 Å². The van der Waals surface area contributed by atoms with Gasteiger partial charge in [0.25, 0.3) is 5.91 Å². The van der Waals surface area contributed by atoms with Crippen molar-refractivity contribution in [1.29, 1.82) is 0 Å². The molecule has 0 bridgehead atoms. The maximum atomic E-state index is 13.0. The summed E-state index contributed by atoms with van der Waals surface area (Å²) in [4.78, 5) is 12.4. The number of halogens is 1. The van der Waals surface area contributed by atoms with Gasteiger partial charge >= 0.3 is 10.2 Å². The molecule has 1 heterocycles. The van der Waals surface area contributed by atoms with Crippen molar-refractivity contribution in [2.45, 2.75) is 13.0 Å². The summed E-state index contributed by atoms with van der Waals surface area (Å²) in [5.74, 6) is -1.02. The number of hydrogen-bond acceptors (Lipinski definition) is 4. The third kappa shape index (κ3) is 3.98. The van der Waals surface area contributed by atoms with Gasteiger partial charge in [-0.1, -0.05) is 0 Å². The molecule has 0 saturated heterocycles. The van der Waals surface area contributed by atoms with Crippen LogP contribution < -0.4 is 5.32 Å². The summed E-state index contributed by atoms with van der Waals surface area (Å²) in [5, 5.41) is 2.65. The minimum absolute atomic E-state index is 0.0673. The van der Waals surface area contributed by atoms with Crippen LogP contribution >= 0.6 is 0 Å². The molecule has 1 aromatic carbocycles. The van der Waals surface area contributed by atoms with E-state index >= 15 is 0 Å². The number of allylic oxidation sites excluding steroid dienone is 1. The summed E-state index contributed by atoms with van der Waals surface area (Å²) in [6.07, 6.45) is 1.35. The highest BCUT2D eigenvalue weighted by Gasteiger charge is 2.30. The Bertz CT molecular complexity index is 787. The number of amides is 1. The van der Waals surface area contributed by atoms with E-state index in [-0.39, 0.29) is 24.1 Å². The standard InChI is InChI=1S/C15H18FN3O4S/c1-10(9-23-3)17-15(20)14-8-13(18-24(21,22)19(14)2)11-4-6-12(16)7-5-11/h4-8,10H,9H2,1-3H3,(H,17,20)/t10-/m1/s1. The predicted octanol–water partition coefficient (Wildman–Crippen LogP) is 0.840. The van der Waals surface area contributed by atoms with Crippen LogP contribution in [0.3, 0.4) is 0 Å². The lowest BCUT2D eigenvalue weighted by molar-refractivity contribution is -0.119. The van der Waals surface area contributed by atoms with Crippen LogP contribution in [0.15, 0.2) is 40.4 Å². The summed E-state index contributed by atoms with van der Waals surface area (Å²) in [6.45, 7) is 2.02. The Morgan fingerprint density at radius 1 is 1.38 bits per heavy atom. The summed E-state index contributed by atoms with van der Waals surface area (Å²) < 4.78 is 46.8. The maximum Gasteiger partial charge on any atom is 0.345 e. The fourth-order valence-corrected chi connectivity index (χ4v) is 3.02. The normalized spacial score (nSPS) is 17.8. The Morgan fingerprint density at radius 2 is 2.00 bits per heavy atom. The fourth-order valence-electron chi connectivity index (χ4n) is 2.11. The fraction of sp³-hybridized carbons (Fsp3) is 0.333. The minimum atomic E-state index is -4.04. The topological polar surface area (TPSA) is 88.1 Å². The molecule has 0 aliphatic carbocycles. The molecule has 2 rings (SSSR count). The average Bonchev–Trinajstić information content (AvgIpc) is 2.50. The highest BCUT2D eigenvalue weighted by molar-refractivity contribution is 7.88. The van der Waals surface area contributed by atoms with Gasteiger partial charge in [-0.05, 0) is 37.3 Å². The van der Waals surface area contributed by atoms with Gasteiger partial charge in [0.15, 0.2) is 0 Å². The van der Waals surface area contributed by atoms with Gasteiger partial charge in [-0.3, -0.25) is 4.79 Å². The van der Waals surface area contributed by atoms with E-state index in [0.717, 1.165) is 4.31 Å². The Kier molecular flexibility index (Phi) is 5.35. The Hall–Kier alpha value is -2.26. The molecular formula is C15H18FN3O4S. The van der Waals surface area contributed by atoms with E-state index in [4.69, 9.17) is 4.74 Å². The van der Waals surface area contributed by atoms with Crippen LogP contribution in [-0.4, -0.2) is 51.1 Å². The van der Waals surface area contributed by atoms with Crippen LogP contribution in [0.5, 0.6) is 0 Å². The number of nitrogens with one attached hydrogen (secondary N) is 1. The first-order chi connectivity index (χ1) is 11.2. The van der Waals surface area contributed by atoms with Crippen molar-refractivity contribution in [2.75, 3.05) is 20.8 Å². The molecule has 24 heavy (non-hydrogen) atoms. The SMILES string of the molecule is COC[C@@H](C)NC(=O)C1=CC(c2ccc(F)cc2)=NS(=O)(=O)N1C. The van der Waals surface area contributed by atoms with Crippen molar-refractivity contribution in [2.24, 2.45) is 4.40 Å². The zero-order chi connectivity index (χ0) is 17.9. The smallest absolute Gasteiger partial charge is 0.345 e. The predicted molar refractivity (Wildman–Crippen MR) is 87.2 cm³/mol. The number of likely N-dealkylation sites (N-methyl/N-ethyl adjacent to an activating group) is 1. The number of benzene rings is 1. The van der Waals surface area contributed by atoms with E-state index < -0.39 is 21.9 Å². The summed E-state index contributed by atoms with van der Waals surface area (Å²) in [6, 6.07) is 4.88. The number of carbonyl (C=O) groups excluding carboxylic acids is 1. The van der Waals surface area contributed by atoms with Crippen molar-refractivity contribution >= 4 is 21.8 Å². The van der Waals surface area contributed by atoms with Gasteiger partial charge in [0.2, 0.25) is 0 Å². The maximum absolute atomic E-state index is 13.0. The number of rotatable bonds is 5. The zero-order valence-corrected chi connectivity index (χ0v) is 14.3. The summed E-state index contributed by atoms with van der Waals surface area (Å²) in [5.41, 5.74) is 0.383. The van der Waals surface area contributed by atoms with Crippen molar-refractivity contribution in [3.05, 3.63) is 47.4 Å². The molecule has 0 aromatic heterocycles. The molecule has 0 spiro atoms. The second-order valence-corrected chi connectivity index (χ2v) is 6.91. The zero-order valence-electron chi connectivity index (χ0n) is 13.5. The van der Waals surface area contributed by atoms with E-state index in [1.165, 1.54) is 44.5 Å². The van der Waals surface area contributed by atoms with Crippen molar-refractivity contribution in [3.8, 4) is 0 Å². The Morgan fingerprint density at radius 3 is 2.58 bits per heavy atom. The van der Waals surface area contributed by atoms with Gasteiger partial charge < -0.3 is 10.1 Å². The van der Waals surface area contributed by atoms with Crippen LogP contribution in [-0.2, 0) is 19.7 Å². The lowest BCUT2D eigenvalue weighted by Crippen LogP contribution is -2.42. The quantitative estimate of drug-likeness (QED) is 0.848. The van der Waals surface area contributed by atoms with Crippen LogP contribution in [0, 0.1) is 5.82 Å². The number of methoxy groups -OCH3 is 1. The van der Waals surface area contributed by atoms with Gasteiger partial charge in [0, 0.05) is 25.8 Å². The van der Waals surface area contributed by atoms with E-state index in [2.05, 4.69) is 9.71 Å². The second-order valence-electron chi connectivity index (χ2n) is 5.29. The van der Waals surface area contributed by atoms with Crippen molar-refractivity contribution in [1.82, 2.24) is 9.62 Å². The lowest BCUT2D eigenvalue weighted by atomic mass is 10.1. The van der Waals surface area contributed by atoms with E-state index in [0.29, 0.717) is 5.56 Å². The van der Waals surface area contributed by atoms with Gasteiger partial charge in [-0.25, -0.2) is 8.70 Å². The number of nitrogens with zero attached hydrogens (tertiary/aromatic N) is 2.